The molecule has 0 aromatic rings. The molecule has 1 aliphatic heterocycles. The first kappa shape index (κ1) is 34.1. The molecule has 0 spiro atoms. The Hall–Kier alpha value is 0.570. The minimum Gasteiger partial charge on any atom is -0.873 e. The van der Waals surface area contributed by atoms with Crippen molar-refractivity contribution in [3.63, 3.8) is 0 Å². The molecule has 5 rings (SSSR count). The van der Waals surface area contributed by atoms with E-state index in [1.807, 2.05) is 0 Å². The number of allylic oxidation sites excluding steroid dienone is 1. The largest absolute Gasteiger partial charge is 1.00 e. The van der Waals surface area contributed by atoms with Crippen LogP contribution in [0.3, 0.4) is 0 Å². The van der Waals surface area contributed by atoms with Crippen molar-refractivity contribution in [3.05, 3.63) is 11.6 Å². The number of fused-ring (bicyclic) bond motifs is 5. The van der Waals surface area contributed by atoms with Crippen LogP contribution in [0.2, 0.25) is 0 Å². The average Bonchev–Trinajstić information content (AvgIpc) is 3.49. The molecule has 208 valence electrons. The van der Waals surface area contributed by atoms with Crippen LogP contribution in [-0.4, -0.2) is 32.3 Å². The Morgan fingerprint density at radius 3 is 2.31 bits per heavy atom. The van der Waals surface area contributed by atoms with E-state index in [1.165, 1.54) is 0 Å². The van der Waals surface area contributed by atoms with E-state index in [0.717, 1.165) is 51.4 Å². The summed E-state index contributed by atoms with van der Waals surface area (Å²) in [5.74, 6) is 1.65. The van der Waals surface area contributed by atoms with Crippen LogP contribution in [0, 0.1) is 46.3 Å². The molecule has 0 radical (unpaired) electrons. The van der Waals surface area contributed by atoms with Gasteiger partial charge in [-0.1, -0.05) is 26.5 Å². The van der Waals surface area contributed by atoms with E-state index in [-0.39, 0.29) is 99.5 Å². The van der Waals surface area contributed by atoms with Crippen molar-refractivity contribution < 1.29 is 86.1 Å². The molecule has 0 N–H and O–H groups in total. The van der Waals surface area contributed by atoms with Crippen LogP contribution in [0.1, 0.15) is 85.0 Å². The number of hydrogen-bond acceptors (Lipinski definition) is 10. The van der Waals surface area contributed by atoms with Gasteiger partial charge in [-0.15, -0.1) is 10.2 Å². The molecule has 0 aromatic heterocycles. The summed E-state index contributed by atoms with van der Waals surface area (Å²) in [4.78, 5) is 0. The molecule has 0 aromatic carbocycles. The number of rotatable bonds is 7. The molecule has 0 amide bonds. The Morgan fingerprint density at radius 2 is 1.67 bits per heavy atom. The number of hydrogen-bond donors (Lipinski definition) is 0. The third kappa shape index (κ3) is 6.58. The van der Waals surface area contributed by atoms with Gasteiger partial charge in [-0.05, 0) is 121 Å². The fraction of sp³-hybridized carbons (Fsp3) is 0.923. The summed E-state index contributed by atoms with van der Waals surface area (Å²) in [6.07, 6.45) is 8.41. The van der Waals surface area contributed by atoms with E-state index in [9.17, 15) is 18.1 Å². The van der Waals surface area contributed by atoms with Gasteiger partial charge in [-0.25, -0.2) is 8.42 Å². The molecule has 4 fully saturated rings. The predicted molar refractivity (Wildman–Crippen MR) is 131 cm³/mol. The maximum atomic E-state index is 12.4. The van der Waals surface area contributed by atoms with Gasteiger partial charge in [0.05, 0.1) is 12.2 Å². The first-order valence-electron chi connectivity index (χ1n) is 13.8. The van der Waals surface area contributed by atoms with E-state index in [2.05, 4.69) is 41.4 Å². The quantitative estimate of drug-likeness (QED) is 0.161. The molecule has 39 heavy (non-hydrogen) atoms. The zero-order valence-corrected chi connectivity index (χ0v) is 29.2. The molecular formula is C26H40N4Na2O6S. The van der Waals surface area contributed by atoms with Crippen molar-refractivity contribution in [1.29, 1.82) is 0 Å². The Balaban J connectivity index is 0.00000210. The summed E-state index contributed by atoms with van der Waals surface area (Å²) in [7, 11) is -3.06. The number of ether oxygens (including phenoxy) is 1. The van der Waals surface area contributed by atoms with E-state index >= 15 is 0 Å². The molecule has 1 heterocycles. The van der Waals surface area contributed by atoms with Gasteiger partial charge in [0.2, 0.25) is 10.4 Å². The summed E-state index contributed by atoms with van der Waals surface area (Å²) in [6.45, 7) is 6.97. The molecule has 0 saturated heterocycles. The second kappa shape index (κ2) is 13.1. The topological polar surface area (TPSA) is 148 Å². The maximum Gasteiger partial charge on any atom is 1.00 e. The third-order valence-electron chi connectivity index (χ3n) is 11.3. The van der Waals surface area contributed by atoms with Crippen LogP contribution in [0.5, 0.6) is 0 Å². The third-order valence-corrected chi connectivity index (χ3v) is 11.8. The van der Waals surface area contributed by atoms with Crippen molar-refractivity contribution >= 4 is 10.4 Å². The van der Waals surface area contributed by atoms with Gasteiger partial charge in [0.1, 0.15) is 0 Å². The Bertz CT molecular complexity index is 1080. The van der Waals surface area contributed by atoms with Gasteiger partial charge in [0.15, 0.2) is 5.82 Å². The summed E-state index contributed by atoms with van der Waals surface area (Å²) in [6, 6.07) is 0. The standard InChI is InChI=1S/C26H42N4O6S.2Na/c1-15(5-8-21(31)24-27-29-30-28-24)18-6-7-19-23-20(10-12-26(18,19)3)25(2)11-9-17(35-4)13-16(25)14-22(23)36-37(32,33)34;;/h15-20,22-23,31H,5-14H2,1-4H3,(H,32,33,34);;/q;2*+1/p-2/t15-,16+,17-,18-,19+,20+,22-,23+,25+,26-;;/m1../s1. The van der Waals surface area contributed by atoms with Crippen molar-refractivity contribution in [2.24, 2.45) is 67.0 Å². The van der Waals surface area contributed by atoms with Crippen LogP contribution in [0.4, 0.5) is 0 Å². The predicted octanol–water partition coefficient (Wildman–Crippen LogP) is -1.10. The Kier molecular flexibility index (Phi) is 11.4. The fourth-order valence-electron chi connectivity index (χ4n) is 9.53. The normalized spacial score (nSPS) is 41.6. The molecule has 0 bridgehead atoms. The second-order valence-electron chi connectivity index (χ2n) is 12.8. The van der Waals surface area contributed by atoms with Crippen LogP contribution in [-0.2, 0) is 19.3 Å². The number of nitrogens with zero attached hydrogens (tertiary/aromatic N) is 4. The summed E-state index contributed by atoms with van der Waals surface area (Å²) in [5.41, 5.74) is 0.121. The molecular weight excluding hydrogens is 542 g/mol. The summed E-state index contributed by atoms with van der Waals surface area (Å²) >= 11 is 0. The Morgan fingerprint density at radius 1 is 1.03 bits per heavy atom. The van der Waals surface area contributed by atoms with Crippen LogP contribution < -0.4 is 64.2 Å². The van der Waals surface area contributed by atoms with Gasteiger partial charge in [-0.2, -0.15) is 0 Å². The molecule has 13 heteroatoms. The average molecular weight is 583 g/mol. The summed E-state index contributed by atoms with van der Waals surface area (Å²) < 4.78 is 46.7. The van der Waals surface area contributed by atoms with Crippen molar-refractivity contribution in [2.75, 3.05) is 7.11 Å². The molecule has 0 unspecified atom stereocenters. The van der Waals surface area contributed by atoms with Crippen molar-refractivity contribution in [1.82, 2.24) is 0 Å². The first-order chi connectivity index (χ1) is 17.5. The smallest absolute Gasteiger partial charge is 0.873 e. The maximum absolute atomic E-state index is 12.4. The zero-order chi connectivity index (χ0) is 26.6. The minimum absolute atomic E-state index is 0. The molecule has 5 aliphatic rings. The van der Waals surface area contributed by atoms with Crippen LogP contribution in [0.15, 0.2) is 32.3 Å². The van der Waals surface area contributed by atoms with E-state index < -0.39 is 16.5 Å². The monoisotopic (exact) mass is 582 g/mol. The van der Waals surface area contributed by atoms with E-state index in [0.29, 0.717) is 36.5 Å². The molecule has 4 aliphatic carbocycles. The molecule has 10 atom stereocenters. The van der Waals surface area contributed by atoms with Gasteiger partial charge in [0, 0.05) is 7.11 Å². The zero-order valence-electron chi connectivity index (χ0n) is 24.3. The first-order valence-corrected chi connectivity index (χ1v) is 15.2. The van der Waals surface area contributed by atoms with Gasteiger partial charge < -0.3 is 14.4 Å². The van der Waals surface area contributed by atoms with E-state index in [1.54, 1.807) is 7.11 Å². The van der Waals surface area contributed by atoms with Gasteiger partial charge in [0.25, 0.3) is 0 Å². The van der Waals surface area contributed by atoms with Crippen molar-refractivity contribution in [2.45, 2.75) is 97.2 Å². The molecule has 4 saturated carbocycles. The van der Waals surface area contributed by atoms with Crippen LogP contribution >= 0.6 is 0 Å². The Labute approximate surface area is 277 Å². The number of methoxy groups -OCH3 is 1. The van der Waals surface area contributed by atoms with Crippen molar-refractivity contribution in [3.8, 4) is 0 Å². The van der Waals surface area contributed by atoms with Crippen LogP contribution in [0.25, 0.3) is 0 Å². The molecule has 10 nitrogen and oxygen atoms in total. The summed E-state index contributed by atoms with van der Waals surface area (Å²) in [5, 5.41) is 26.6. The van der Waals surface area contributed by atoms with Gasteiger partial charge in [-0.3, -0.25) is 4.18 Å². The second-order valence-corrected chi connectivity index (χ2v) is 13.8. The van der Waals surface area contributed by atoms with Gasteiger partial charge >= 0.3 is 59.1 Å². The fourth-order valence-corrected chi connectivity index (χ4v) is 10.0. The van der Waals surface area contributed by atoms with E-state index in [4.69, 9.17) is 8.92 Å². The SMILES string of the molecule is CO[C@@H]1CC[C@@]2(C)[C@@H](C1)C[C@@H](OS(=O)(=O)[O-])[C@@H]1[C@@H]2CC[C@]2(C)[C@@H]([C@H](C)CCC([O-])=C3N=NN=N3)CC[C@@H]12.[Na+].[Na+]. The minimum atomic E-state index is -4.81.